The fourth-order valence-electron chi connectivity index (χ4n) is 5.35. The van der Waals surface area contributed by atoms with Gasteiger partial charge in [-0.2, -0.15) is 13.2 Å². The fourth-order valence-corrected chi connectivity index (χ4v) is 5.35. The molecule has 0 spiro atoms. The minimum Gasteiger partial charge on any atom is -0.387 e. The van der Waals surface area contributed by atoms with Gasteiger partial charge >= 0.3 is 6.18 Å². The number of benzene rings is 2. The molecule has 0 saturated heterocycles. The Morgan fingerprint density at radius 3 is 2.05 bits per heavy atom. The summed E-state index contributed by atoms with van der Waals surface area (Å²) in [5.74, 6) is -0.647. The molecular formula is C28H33F3N2O4. The number of carbonyl (C=O) groups is 2. The van der Waals surface area contributed by atoms with Gasteiger partial charge in [0.05, 0.1) is 0 Å². The first-order chi connectivity index (χ1) is 17.5. The summed E-state index contributed by atoms with van der Waals surface area (Å²) in [7, 11) is 0. The van der Waals surface area contributed by atoms with Gasteiger partial charge in [0.1, 0.15) is 6.61 Å². The lowest BCUT2D eigenvalue weighted by molar-refractivity contribution is -0.258. The summed E-state index contributed by atoms with van der Waals surface area (Å²) >= 11 is 0. The van der Waals surface area contributed by atoms with Gasteiger partial charge in [0.25, 0.3) is 5.91 Å². The molecule has 1 atom stereocenters. The highest BCUT2D eigenvalue weighted by atomic mass is 19.4. The van der Waals surface area contributed by atoms with Gasteiger partial charge in [0, 0.05) is 29.6 Å². The molecule has 9 heteroatoms. The molecule has 0 radical (unpaired) electrons. The Balaban J connectivity index is 1.51. The van der Waals surface area contributed by atoms with E-state index in [1.165, 1.54) is 12.1 Å². The van der Waals surface area contributed by atoms with Crippen LogP contribution in [0.4, 0.5) is 13.2 Å². The smallest absolute Gasteiger partial charge is 0.387 e. The molecule has 0 unspecified atom stereocenters. The monoisotopic (exact) mass is 518 g/mol. The predicted molar refractivity (Wildman–Crippen MR) is 132 cm³/mol. The average Bonchev–Trinajstić information content (AvgIpc) is 3.73. The van der Waals surface area contributed by atoms with Crippen LogP contribution in [0.15, 0.2) is 54.6 Å². The van der Waals surface area contributed by atoms with Gasteiger partial charge in [-0.15, -0.1) is 0 Å². The van der Waals surface area contributed by atoms with Crippen molar-refractivity contribution in [3.63, 3.8) is 0 Å². The molecule has 2 fully saturated rings. The number of amides is 2. The SMILES string of the molecule is C[C@](O)(c1ccc(C(=O)N(C2CC2)[C@H]2CC[C@](CNC(=O)CO)(c3ccccc3)CC2)cc1)C(F)(F)F. The standard InChI is InChI=1S/C28H33F3N2O4/c1-26(37,28(29,30)31)20-9-7-19(8-10-20)25(36)33(22-11-12-22)23-13-15-27(16-14-23,18-32-24(35)17-34)21-5-3-2-4-6-21/h2-10,22-23,34,37H,11-18H2,1H3,(H,32,35)/t23-,26-,27-/m0/s1. The van der Waals surface area contributed by atoms with Crippen molar-refractivity contribution in [3.8, 4) is 0 Å². The number of rotatable bonds is 8. The van der Waals surface area contributed by atoms with Crippen molar-refractivity contribution in [2.24, 2.45) is 0 Å². The van der Waals surface area contributed by atoms with Crippen LogP contribution in [0.2, 0.25) is 0 Å². The number of halogens is 3. The first-order valence-corrected chi connectivity index (χ1v) is 12.6. The van der Waals surface area contributed by atoms with Crippen molar-refractivity contribution in [3.05, 3.63) is 71.3 Å². The van der Waals surface area contributed by atoms with Crippen LogP contribution in [0.3, 0.4) is 0 Å². The van der Waals surface area contributed by atoms with Crippen molar-refractivity contribution >= 4 is 11.8 Å². The van der Waals surface area contributed by atoms with Crippen LogP contribution in [-0.4, -0.2) is 58.3 Å². The van der Waals surface area contributed by atoms with Crippen LogP contribution >= 0.6 is 0 Å². The summed E-state index contributed by atoms with van der Waals surface area (Å²) in [5.41, 5.74) is -2.23. The number of nitrogens with one attached hydrogen (secondary N) is 1. The van der Waals surface area contributed by atoms with Crippen molar-refractivity contribution in [2.75, 3.05) is 13.2 Å². The van der Waals surface area contributed by atoms with E-state index >= 15 is 0 Å². The number of hydrogen-bond donors (Lipinski definition) is 3. The van der Waals surface area contributed by atoms with Crippen molar-refractivity contribution < 1.29 is 33.0 Å². The van der Waals surface area contributed by atoms with Crippen molar-refractivity contribution in [2.45, 2.75) is 74.7 Å². The van der Waals surface area contributed by atoms with E-state index in [1.807, 2.05) is 35.2 Å². The lowest BCUT2D eigenvalue weighted by Gasteiger charge is -2.44. The summed E-state index contributed by atoms with van der Waals surface area (Å²) in [6, 6.07) is 15.0. The number of hydrogen-bond acceptors (Lipinski definition) is 4. The summed E-state index contributed by atoms with van der Waals surface area (Å²) in [6.07, 6.45) is -0.157. The summed E-state index contributed by atoms with van der Waals surface area (Å²) in [5, 5.41) is 21.9. The molecule has 0 aliphatic heterocycles. The van der Waals surface area contributed by atoms with Crippen LogP contribution < -0.4 is 5.32 Å². The van der Waals surface area contributed by atoms with E-state index in [0.29, 0.717) is 31.9 Å². The molecule has 2 aliphatic carbocycles. The molecular weight excluding hydrogens is 485 g/mol. The second-order valence-electron chi connectivity index (χ2n) is 10.4. The molecule has 6 nitrogen and oxygen atoms in total. The fraction of sp³-hybridized carbons (Fsp3) is 0.500. The van der Waals surface area contributed by atoms with Gasteiger partial charge in [0.2, 0.25) is 5.91 Å². The first kappa shape index (κ1) is 27.1. The molecule has 4 rings (SSSR count). The molecule has 2 aromatic rings. The molecule has 200 valence electrons. The normalized spacial score (nSPS) is 23.7. The van der Waals surface area contributed by atoms with Crippen LogP contribution in [-0.2, 0) is 15.8 Å². The highest BCUT2D eigenvalue weighted by Gasteiger charge is 2.51. The van der Waals surface area contributed by atoms with E-state index in [2.05, 4.69) is 5.32 Å². The maximum atomic E-state index is 13.5. The molecule has 0 bridgehead atoms. The van der Waals surface area contributed by atoms with Crippen LogP contribution in [0, 0.1) is 0 Å². The van der Waals surface area contributed by atoms with Crippen LogP contribution in [0.25, 0.3) is 0 Å². The van der Waals surface area contributed by atoms with Gasteiger partial charge in [0.15, 0.2) is 5.60 Å². The first-order valence-electron chi connectivity index (χ1n) is 12.6. The molecule has 2 aromatic carbocycles. The van der Waals surface area contributed by atoms with E-state index in [9.17, 15) is 27.9 Å². The van der Waals surface area contributed by atoms with E-state index < -0.39 is 24.3 Å². The van der Waals surface area contributed by atoms with Gasteiger partial charge in [-0.3, -0.25) is 9.59 Å². The van der Waals surface area contributed by atoms with E-state index in [1.54, 1.807) is 0 Å². The maximum Gasteiger partial charge on any atom is 0.421 e. The number of alkyl halides is 3. The molecule has 37 heavy (non-hydrogen) atoms. The predicted octanol–water partition coefficient (Wildman–Crippen LogP) is 4.05. The molecule has 0 heterocycles. The lowest BCUT2D eigenvalue weighted by Crippen LogP contribution is -2.50. The second kappa shape index (κ2) is 10.5. The van der Waals surface area contributed by atoms with Gasteiger partial charge in [-0.25, -0.2) is 0 Å². The van der Waals surface area contributed by atoms with Gasteiger partial charge < -0.3 is 20.4 Å². The maximum absolute atomic E-state index is 13.5. The summed E-state index contributed by atoms with van der Waals surface area (Å²) in [4.78, 5) is 27.2. The van der Waals surface area contributed by atoms with E-state index in [4.69, 9.17) is 5.11 Å². The minimum absolute atomic E-state index is 0.0247. The average molecular weight is 519 g/mol. The Labute approximate surface area is 214 Å². The molecule has 2 aliphatic rings. The minimum atomic E-state index is -4.83. The Morgan fingerprint density at radius 2 is 1.54 bits per heavy atom. The largest absolute Gasteiger partial charge is 0.421 e. The number of aliphatic hydroxyl groups excluding tert-OH is 1. The quantitative estimate of drug-likeness (QED) is 0.492. The van der Waals surface area contributed by atoms with E-state index in [0.717, 1.165) is 43.4 Å². The number of nitrogens with zero attached hydrogens (tertiary/aromatic N) is 1. The molecule has 0 aromatic heterocycles. The Hall–Kier alpha value is -2.91. The number of aliphatic hydroxyl groups is 2. The Bertz CT molecular complexity index is 1090. The summed E-state index contributed by atoms with van der Waals surface area (Å²) < 4.78 is 39.6. The molecule has 3 N–H and O–H groups in total. The zero-order valence-electron chi connectivity index (χ0n) is 20.8. The van der Waals surface area contributed by atoms with Crippen LogP contribution in [0.1, 0.15) is 66.9 Å². The molecule has 2 saturated carbocycles. The third-order valence-electron chi connectivity index (χ3n) is 7.88. The van der Waals surface area contributed by atoms with E-state index in [-0.39, 0.29) is 29.0 Å². The van der Waals surface area contributed by atoms with Gasteiger partial charge in [-0.05, 0) is 68.7 Å². The second-order valence-corrected chi connectivity index (χ2v) is 10.4. The van der Waals surface area contributed by atoms with Crippen LogP contribution in [0.5, 0.6) is 0 Å². The molecule has 2 amide bonds. The number of carbonyl (C=O) groups excluding carboxylic acids is 2. The van der Waals surface area contributed by atoms with Crippen molar-refractivity contribution in [1.29, 1.82) is 0 Å². The Kier molecular flexibility index (Phi) is 7.67. The highest BCUT2D eigenvalue weighted by molar-refractivity contribution is 5.95. The summed E-state index contributed by atoms with van der Waals surface area (Å²) in [6.45, 7) is 0.514. The third-order valence-corrected chi connectivity index (χ3v) is 7.88. The zero-order valence-corrected chi connectivity index (χ0v) is 20.8. The van der Waals surface area contributed by atoms with Crippen molar-refractivity contribution in [1.82, 2.24) is 10.2 Å². The highest BCUT2D eigenvalue weighted by Crippen LogP contribution is 2.43. The topological polar surface area (TPSA) is 89.9 Å². The Morgan fingerprint density at radius 1 is 0.973 bits per heavy atom. The third kappa shape index (κ3) is 5.67. The lowest BCUT2D eigenvalue weighted by atomic mass is 9.67. The zero-order chi connectivity index (χ0) is 26.8. The van der Waals surface area contributed by atoms with Gasteiger partial charge in [-0.1, -0.05) is 42.5 Å².